The largest absolute Gasteiger partial charge is 0.376 e. The van der Waals surface area contributed by atoms with Crippen LogP contribution in [-0.4, -0.2) is 24.7 Å². The minimum Gasteiger partial charge on any atom is -0.376 e. The molecule has 2 aromatic rings. The number of halogens is 1. The van der Waals surface area contributed by atoms with Crippen LogP contribution in [0.5, 0.6) is 0 Å². The maximum absolute atomic E-state index is 6.17. The lowest BCUT2D eigenvalue weighted by Gasteiger charge is -2.09. The van der Waals surface area contributed by atoms with Gasteiger partial charge in [0.05, 0.1) is 18.7 Å². The Morgan fingerprint density at radius 3 is 3.05 bits per heavy atom. The molecule has 1 N–H and O–H groups in total. The summed E-state index contributed by atoms with van der Waals surface area (Å²) >= 11 is 6.17. The number of hydrogen-bond donors (Lipinski definition) is 1. The lowest BCUT2D eigenvalue weighted by Crippen LogP contribution is -2.19. The zero-order chi connectivity index (χ0) is 14.4. The van der Waals surface area contributed by atoms with Crippen molar-refractivity contribution in [3.8, 4) is 0 Å². The van der Waals surface area contributed by atoms with Crippen LogP contribution in [0.25, 0.3) is 10.9 Å². The van der Waals surface area contributed by atoms with E-state index in [2.05, 4.69) is 16.9 Å². The van der Waals surface area contributed by atoms with Gasteiger partial charge in [0.2, 0.25) is 0 Å². The van der Waals surface area contributed by atoms with Gasteiger partial charge in [-0.25, -0.2) is 0 Å². The molecule has 0 saturated carbocycles. The quantitative estimate of drug-likeness (QED) is 0.625. The van der Waals surface area contributed by atoms with Crippen molar-refractivity contribution < 1.29 is 4.74 Å². The average Bonchev–Trinajstić information content (AvgIpc) is 2.45. The molecule has 0 fully saturated rings. The first-order valence-electron chi connectivity index (χ1n) is 6.63. The zero-order valence-corrected chi connectivity index (χ0v) is 12.4. The summed E-state index contributed by atoms with van der Waals surface area (Å²) in [5.74, 6) is 0. The van der Waals surface area contributed by atoms with E-state index in [1.54, 1.807) is 6.20 Å². The van der Waals surface area contributed by atoms with Crippen LogP contribution in [-0.2, 0) is 11.3 Å². The SMILES string of the molecule is C=C(C)COCCNCc1ccc(Cl)c2cccnc12. The minimum atomic E-state index is 0.618. The monoisotopic (exact) mass is 290 g/mol. The summed E-state index contributed by atoms with van der Waals surface area (Å²) in [7, 11) is 0. The molecule has 0 radical (unpaired) electrons. The molecule has 3 nitrogen and oxygen atoms in total. The second-order valence-electron chi connectivity index (χ2n) is 4.79. The van der Waals surface area contributed by atoms with Gasteiger partial charge in [0.1, 0.15) is 0 Å². The first-order chi connectivity index (χ1) is 9.68. The van der Waals surface area contributed by atoms with Gasteiger partial charge < -0.3 is 10.1 Å². The summed E-state index contributed by atoms with van der Waals surface area (Å²) in [4.78, 5) is 4.41. The van der Waals surface area contributed by atoms with Crippen molar-refractivity contribution >= 4 is 22.5 Å². The van der Waals surface area contributed by atoms with Crippen LogP contribution < -0.4 is 5.32 Å². The van der Waals surface area contributed by atoms with Crippen molar-refractivity contribution in [3.05, 3.63) is 53.2 Å². The predicted octanol–water partition coefficient (Wildman–Crippen LogP) is 3.57. The lowest BCUT2D eigenvalue weighted by atomic mass is 10.1. The fraction of sp³-hybridized carbons (Fsp3) is 0.312. The van der Waals surface area contributed by atoms with E-state index in [1.807, 2.05) is 31.2 Å². The zero-order valence-electron chi connectivity index (χ0n) is 11.7. The molecule has 1 aromatic heterocycles. The number of hydrogen-bond acceptors (Lipinski definition) is 3. The standard InChI is InChI=1S/C16H19ClN2O/c1-12(2)11-20-9-8-18-10-13-5-6-15(17)14-4-3-7-19-16(13)14/h3-7,18H,1,8-11H2,2H3. The summed E-state index contributed by atoms with van der Waals surface area (Å²) in [6.45, 7) is 8.59. The molecule has 0 atom stereocenters. The summed E-state index contributed by atoms with van der Waals surface area (Å²) < 4.78 is 5.44. The van der Waals surface area contributed by atoms with E-state index in [0.29, 0.717) is 13.2 Å². The van der Waals surface area contributed by atoms with Gasteiger partial charge in [-0.15, -0.1) is 0 Å². The van der Waals surface area contributed by atoms with Crippen molar-refractivity contribution in [2.75, 3.05) is 19.8 Å². The Balaban J connectivity index is 1.90. The number of pyridine rings is 1. The summed E-state index contributed by atoms with van der Waals surface area (Å²) in [6.07, 6.45) is 1.79. The Bertz CT molecular complexity index is 598. The van der Waals surface area contributed by atoms with Crippen LogP contribution in [0.2, 0.25) is 5.02 Å². The molecule has 0 spiro atoms. The third-order valence-electron chi connectivity index (χ3n) is 2.89. The van der Waals surface area contributed by atoms with Gasteiger partial charge in [-0.2, -0.15) is 0 Å². The topological polar surface area (TPSA) is 34.1 Å². The number of ether oxygens (including phenoxy) is 1. The van der Waals surface area contributed by atoms with E-state index in [9.17, 15) is 0 Å². The first-order valence-corrected chi connectivity index (χ1v) is 7.01. The van der Waals surface area contributed by atoms with Crippen molar-refractivity contribution in [3.63, 3.8) is 0 Å². The summed E-state index contributed by atoms with van der Waals surface area (Å²) in [6, 6.07) is 7.82. The van der Waals surface area contributed by atoms with Gasteiger partial charge in [-0.1, -0.05) is 29.8 Å². The Kier molecular flexibility index (Phi) is 5.53. The lowest BCUT2D eigenvalue weighted by molar-refractivity contribution is 0.158. The van der Waals surface area contributed by atoms with Gasteiger partial charge in [-0.05, 0) is 30.7 Å². The molecule has 0 saturated heterocycles. The van der Waals surface area contributed by atoms with Crippen molar-refractivity contribution in [1.29, 1.82) is 0 Å². The van der Waals surface area contributed by atoms with Gasteiger partial charge in [-0.3, -0.25) is 4.98 Å². The van der Waals surface area contributed by atoms with Gasteiger partial charge in [0.15, 0.2) is 0 Å². The van der Waals surface area contributed by atoms with E-state index in [1.165, 1.54) is 0 Å². The maximum Gasteiger partial charge on any atom is 0.0761 e. The number of nitrogens with one attached hydrogen (secondary N) is 1. The van der Waals surface area contributed by atoms with Crippen LogP contribution in [0.4, 0.5) is 0 Å². The number of fused-ring (bicyclic) bond motifs is 1. The summed E-state index contributed by atoms with van der Waals surface area (Å²) in [5, 5.41) is 5.08. The highest BCUT2D eigenvalue weighted by Gasteiger charge is 2.05. The molecule has 2 rings (SSSR count). The molecule has 0 aliphatic rings. The van der Waals surface area contributed by atoms with Crippen LogP contribution in [0.1, 0.15) is 12.5 Å². The third kappa shape index (κ3) is 4.04. The van der Waals surface area contributed by atoms with Crippen LogP contribution in [0.3, 0.4) is 0 Å². The Hall–Kier alpha value is -1.42. The highest BCUT2D eigenvalue weighted by atomic mass is 35.5. The number of nitrogens with zero attached hydrogens (tertiary/aromatic N) is 1. The predicted molar refractivity (Wildman–Crippen MR) is 84.1 cm³/mol. The average molecular weight is 291 g/mol. The molecule has 0 bridgehead atoms. The molecule has 20 heavy (non-hydrogen) atoms. The van der Waals surface area contributed by atoms with E-state index >= 15 is 0 Å². The van der Waals surface area contributed by atoms with Crippen LogP contribution in [0, 0.1) is 0 Å². The molecule has 0 amide bonds. The first kappa shape index (κ1) is 15.0. The maximum atomic E-state index is 6.17. The fourth-order valence-corrected chi connectivity index (χ4v) is 2.17. The fourth-order valence-electron chi connectivity index (χ4n) is 1.95. The second kappa shape index (κ2) is 7.39. The van der Waals surface area contributed by atoms with E-state index in [-0.39, 0.29) is 0 Å². The molecule has 4 heteroatoms. The minimum absolute atomic E-state index is 0.618. The van der Waals surface area contributed by atoms with Gasteiger partial charge in [0.25, 0.3) is 0 Å². The Morgan fingerprint density at radius 2 is 2.25 bits per heavy atom. The molecule has 0 aliphatic carbocycles. The molecule has 106 valence electrons. The van der Waals surface area contributed by atoms with E-state index < -0.39 is 0 Å². The van der Waals surface area contributed by atoms with E-state index in [0.717, 1.165) is 40.2 Å². The molecule has 0 unspecified atom stereocenters. The van der Waals surface area contributed by atoms with E-state index in [4.69, 9.17) is 16.3 Å². The van der Waals surface area contributed by atoms with Crippen LogP contribution >= 0.6 is 11.6 Å². The number of rotatable bonds is 7. The molecule has 0 aliphatic heterocycles. The van der Waals surface area contributed by atoms with Gasteiger partial charge in [0, 0.05) is 29.7 Å². The third-order valence-corrected chi connectivity index (χ3v) is 3.22. The molecular formula is C16H19ClN2O. The Morgan fingerprint density at radius 1 is 1.40 bits per heavy atom. The summed E-state index contributed by atoms with van der Waals surface area (Å²) in [5.41, 5.74) is 3.14. The van der Waals surface area contributed by atoms with Crippen molar-refractivity contribution in [2.24, 2.45) is 0 Å². The highest BCUT2D eigenvalue weighted by molar-refractivity contribution is 6.35. The molecule has 1 aromatic carbocycles. The molecular weight excluding hydrogens is 272 g/mol. The number of benzene rings is 1. The highest BCUT2D eigenvalue weighted by Crippen LogP contribution is 2.24. The smallest absolute Gasteiger partial charge is 0.0761 e. The second-order valence-corrected chi connectivity index (χ2v) is 5.20. The normalized spacial score (nSPS) is 10.9. The van der Waals surface area contributed by atoms with Crippen LogP contribution in [0.15, 0.2) is 42.6 Å². The van der Waals surface area contributed by atoms with Crippen molar-refractivity contribution in [2.45, 2.75) is 13.5 Å². The number of aromatic nitrogens is 1. The van der Waals surface area contributed by atoms with Crippen molar-refractivity contribution in [1.82, 2.24) is 10.3 Å². The Labute approximate surface area is 124 Å². The molecule has 1 heterocycles. The van der Waals surface area contributed by atoms with Gasteiger partial charge >= 0.3 is 0 Å².